The van der Waals surface area contributed by atoms with Gasteiger partial charge in [-0.25, -0.2) is 8.42 Å². The SMILES string of the molecule is CC[Si](C#Cc1c2c(cc(O)c1[Si](CC)(CC)CC)N(S(=O)(=O)c1ccc(C)cc1)CC2)(CC)CC. The van der Waals surface area contributed by atoms with Crippen LogP contribution in [0.2, 0.25) is 36.3 Å². The smallest absolute Gasteiger partial charge is 0.264 e. The van der Waals surface area contributed by atoms with Crippen molar-refractivity contribution in [1.29, 1.82) is 0 Å². The van der Waals surface area contributed by atoms with E-state index < -0.39 is 26.2 Å². The molecule has 1 heterocycles. The number of sulfonamides is 1. The Bertz CT molecular complexity index is 1240. The van der Waals surface area contributed by atoms with Gasteiger partial charge in [-0.1, -0.05) is 83.3 Å². The van der Waals surface area contributed by atoms with Gasteiger partial charge in [-0.15, -0.1) is 5.54 Å². The second-order valence-corrected chi connectivity index (χ2v) is 22.2. The molecule has 4 nitrogen and oxygen atoms in total. The molecule has 0 bridgehead atoms. The van der Waals surface area contributed by atoms with Gasteiger partial charge in [0.15, 0.2) is 0 Å². The number of fused-ring (bicyclic) bond motifs is 1. The molecular weight excluding hydrogens is 499 g/mol. The number of hydrogen-bond acceptors (Lipinski definition) is 3. The zero-order valence-electron chi connectivity index (χ0n) is 23.2. The third kappa shape index (κ3) is 4.92. The van der Waals surface area contributed by atoms with Gasteiger partial charge >= 0.3 is 0 Å². The minimum Gasteiger partial charge on any atom is -0.508 e. The molecule has 0 saturated heterocycles. The van der Waals surface area contributed by atoms with E-state index in [4.69, 9.17) is 0 Å². The van der Waals surface area contributed by atoms with E-state index in [0.29, 0.717) is 18.7 Å². The fourth-order valence-electron chi connectivity index (χ4n) is 5.76. The number of aryl methyl sites for hydroxylation is 1. The molecule has 0 fully saturated rings. The van der Waals surface area contributed by atoms with E-state index in [9.17, 15) is 13.5 Å². The van der Waals surface area contributed by atoms with Crippen molar-refractivity contribution >= 4 is 37.0 Å². The van der Waals surface area contributed by atoms with Crippen LogP contribution in [0.25, 0.3) is 0 Å². The Labute approximate surface area is 221 Å². The number of rotatable bonds is 9. The lowest BCUT2D eigenvalue weighted by molar-refractivity contribution is 0.479. The van der Waals surface area contributed by atoms with Crippen molar-refractivity contribution in [2.45, 2.75) is 96.0 Å². The molecule has 0 amide bonds. The summed E-state index contributed by atoms with van der Waals surface area (Å²) < 4.78 is 28.8. The van der Waals surface area contributed by atoms with Crippen LogP contribution in [0, 0.1) is 18.4 Å². The monoisotopic (exact) mass is 541 g/mol. The predicted molar refractivity (Wildman–Crippen MR) is 158 cm³/mol. The first-order valence-electron chi connectivity index (χ1n) is 13.6. The minimum absolute atomic E-state index is 0.234. The highest BCUT2D eigenvalue weighted by Crippen LogP contribution is 2.39. The molecule has 1 aliphatic rings. The molecule has 0 aliphatic carbocycles. The van der Waals surface area contributed by atoms with Crippen molar-refractivity contribution in [1.82, 2.24) is 0 Å². The van der Waals surface area contributed by atoms with E-state index in [-0.39, 0.29) is 10.6 Å². The Morgan fingerprint density at radius 1 is 0.917 bits per heavy atom. The van der Waals surface area contributed by atoms with Crippen molar-refractivity contribution in [2.24, 2.45) is 0 Å². The van der Waals surface area contributed by atoms with Gasteiger partial charge in [0.05, 0.1) is 18.7 Å². The normalized spacial score (nSPS) is 13.9. The Balaban J connectivity index is 2.31. The molecule has 196 valence electrons. The number of aromatic hydroxyl groups is 1. The Morgan fingerprint density at radius 3 is 1.97 bits per heavy atom. The van der Waals surface area contributed by atoms with Crippen LogP contribution in [0.5, 0.6) is 5.75 Å². The molecule has 2 aromatic carbocycles. The van der Waals surface area contributed by atoms with E-state index in [0.717, 1.165) is 58.1 Å². The minimum atomic E-state index is -3.73. The van der Waals surface area contributed by atoms with Crippen LogP contribution in [0.3, 0.4) is 0 Å². The van der Waals surface area contributed by atoms with Gasteiger partial charge in [0.1, 0.15) is 13.8 Å². The Kier molecular flexibility index (Phi) is 8.85. The zero-order valence-corrected chi connectivity index (χ0v) is 26.0. The largest absolute Gasteiger partial charge is 0.508 e. The summed E-state index contributed by atoms with van der Waals surface area (Å²) in [5.41, 5.74) is 7.33. The van der Waals surface area contributed by atoms with Crippen LogP contribution in [-0.4, -0.2) is 36.2 Å². The van der Waals surface area contributed by atoms with Gasteiger partial charge < -0.3 is 5.11 Å². The molecule has 2 aromatic rings. The maximum Gasteiger partial charge on any atom is 0.264 e. The fourth-order valence-corrected chi connectivity index (χ4v) is 13.6. The number of benzene rings is 2. The highest BCUT2D eigenvalue weighted by molar-refractivity contribution is 7.92. The van der Waals surface area contributed by atoms with E-state index in [1.54, 1.807) is 18.2 Å². The van der Waals surface area contributed by atoms with Gasteiger partial charge in [-0.05, 0) is 54.4 Å². The van der Waals surface area contributed by atoms with Crippen molar-refractivity contribution in [3.8, 4) is 17.2 Å². The van der Waals surface area contributed by atoms with Gasteiger partial charge in [-0.3, -0.25) is 4.31 Å². The predicted octanol–water partition coefficient (Wildman–Crippen LogP) is 6.57. The molecule has 0 saturated carbocycles. The second kappa shape index (κ2) is 11.2. The Morgan fingerprint density at radius 2 is 1.47 bits per heavy atom. The van der Waals surface area contributed by atoms with Gasteiger partial charge in [0.25, 0.3) is 10.0 Å². The maximum atomic E-state index is 13.7. The van der Waals surface area contributed by atoms with Crippen molar-refractivity contribution in [2.75, 3.05) is 10.8 Å². The highest BCUT2D eigenvalue weighted by atomic mass is 32.2. The molecular formula is C29H43NO3SSi2. The van der Waals surface area contributed by atoms with Crippen LogP contribution in [0.4, 0.5) is 5.69 Å². The molecule has 0 spiro atoms. The molecule has 0 atom stereocenters. The lowest BCUT2D eigenvalue weighted by Gasteiger charge is -2.32. The zero-order chi connectivity index (χ0) is 26.7. The van der Waals surface area contributed by atoms with Crippen LogP contribution in [0.1, 0.15) is 58.2 Å². The average molecular weight is 542 g/mol. The summed E-state index contributed by atoms with van der Waals surface area (Å²) in [6, 6.07) is 15.1. The lowest BCUT2D eigenvalue weighted by Crippen LogP contribution is -2.48. The number of anilines is 1. The molecule has 7 heteroatoms. The van der Waals surface area contributed by atoms with Gasteiger partial charge in [0, 0.05) is 18.2 Å². The first-order valence-corrected chi connectivity index (χ1v) is 20.3. The number of phenols is 1. The molecule has 0 unspecified atom stereocenters. The molecule has 3 rings (SSSR count). The number of phenolic OH excluding ortho intramolecular Hbond substituents is 1. The van der Waals surface area contributed by atoms with Crippen molar-refractivity contribution < 1.29 is 13.5 Å². The first-order chi connectivity index (χ1) is 17.1. The summed E-state index contributed by atoms with van der Waals surface area (Å²) in [6.45, 7) is 15.8. The van der Waals surface area contributed by atoms with E-state index in [1.165, 1.54) is 4.31 Å². The van der Waals surface area contributed by atoms with E-state index in [1.807, 2.05) is 19.1 Å². The van der Waals surface area contributed by atoms with Gasteiger partial charge in [0.2, 0.25) is 0 Å². The quantitative estimate of drug-likeness (QED) is 0.289. The van der Waals surface area contributed by atoms with Crippen LogP contribution in [-0.2, 0) is 16.4 Å². The van der Waals surface area contributed by atoms with Crippen molar-refractivity contribution in [3.63, 3.8) is 0 Å². The summed E-state index contributed by atoms with van der Waals surface area (Å²) >= 11 is 0. The third-order valence-corrected chi connectivity index (χ3v) is 21.0. The second-order valence-electron chi connectivity index (χ2n) is 10.2. The summed E-state index contributed by atoms with van der Waals surface area (Å²) in [7, 11) is -7.46. The molecule has 36 heavy (non-hydrogen) atoms. The van der Waals surface area contributed by atoms with Gasteiger partial charge in [-0.2, -0.15) is 0 Å². The summed E-state index contributed by atoms with van der Waals surface area (Å²) in [5, 5.41) is 12.6. The first kappa shape index (κ1) is 28.6. The van der Waals surface area contributed by atoms with Crippen LogP contribution in [0.15, 0.2) is 35.2 Å². The molecule has 1 N–H and O–H groups in total. The summed E-state index contributed by atoms with van der Waals surface area (Å²) in [6.07, 6.45) is 0.623. The van der Waals surface area contributed by atoms with E-state index >= 15 is 0 Å². The molecule has 0 radical (unpaired) electrons. The lowest BCUT2D eigenvalue weighted by atomic mass is 10.0. The topological polar surface area (TPSA) is 57.6 Å². The third-order valence-electron chi connectivity index (χ3n) is 8.88. The standard InChI is InChI=1S/C29H43NO3SSi2/c1-8-35(9-2,10-3)21-19-26-25-18-20-30(34(32,33)24-16-14-23(7)15-17-24)27(25)22-28(31)29(26)36(11-4,12-5)13-6/h14-17,22,31H,8-13,18,20H2,1-7H3. The Hall–Kier alpha value is -2.02. The van der Waals surface area contributed by atoms with Crippen molar-refractivity contribution in [3.05, 3.63) is 47.0 Å². The summed E-state index contributed by atoms with van der Waals surface area (Å²) in [4.78, 5) is 0.283. The van der Waals surface area contributed by atoms with E-state index in [2.05, 4.69) is 53.0 Å². The van der Waals surface area contributed by atoms with Crippen LogP contribution < -0.4 is 9.49 Å². The maximum absolute atomic E-state index is 13.7. The number of hydrogen-bond donors (Lipinski definition) is 1. The fraction of sp³-hybridized carbons (Fsp3) is 0.517. The highest BCUT2D eigenvalue weighted by Gasteiger charge is 2.40. The number of nitrogens with zero attached hydrogens (tertiary/aromatic N) is 1. The molecule has 0 aromatic heterocycles. The molecule has 1 aliphatic heterocycles. The summed E-state index contributed by atoms with van der Waals surface area (Å²) in [5.74, 6) is 3.87. The van der Waals surface area contributed by atoms with Crippen LogP contribution >= 0.6 is 0 Å². The average Bonchev–Trinajstić information content (AvgIpc) is 3.32.